The van der Waals surface area contributed by atoms with Crippen LogP contribution in [-0.2, 0) is 6.54 Å². The van der Waals surface area contributed by atoms with Crippen molar-refractivity contribution in [3.63, 3.8) is 0 Å². The van der Waals surface area contributed by atoms with Crippen LogP contribution in [-0.4, -0.2) is 19.9 Å². The van der Waals surface area contributed by atoms with Gasteiger partial charge in [-0.1, -0.05) is 6.92 Å². The van der Waals surface area contributed by atoms with Crippen molar-refractivity contribution in [2.75, 3.05) is 0 Å². The molecule has 0 fully saturated rings. The fourth-order valence-corrected chi connectivity index (χ4v) is 2.34. The van der Waals surface area contributed by atoms with Crippen molar-refractivity contribution in [2.24, 2.45) is 0 Å². The molecule has 0 aliphatic heterocycles. The number of hydrogen-bond donors (Lipinski definition) is 1. The van der Waals surface area contributed by atoms with E-state index in [-0.39, 0.29) is 0 Å². The van der Waals surface area contributed by atoms with Gasteiger partial charge in [-0.25, -0.2) is 4.98 Å². The third-order valence-electron chi connectivity index (χ3n) is 2.33. The average Bonchev–Trinajstić information content (AvgIpc) is 2.87. The second-order valence-electron chi connectivity index (χ2n) is 3.72. The first kappa shape index (κ1) is 11.3. The molecule has 5 heteroatoms. The molecule has 1 atom stereocenters. The Hall–Kier alpha value is -1.20. The molecule has 1 N–H and O–H groups in total. The van der Waals surface area contributed by atoms with Gasteiger partial charge in [0.2, 0.25) is 0 Å². The smallest absolute Gasteiger partial charge is 0.118 e. The summed E-state index contributed by atoms with van der Waals surface area (Å²) < 4.78 is 1.85. The maximum Gasteiger partial charge on any atom is 0.118 e. The molecule has 0 amide bonds. The molecule has 0 aromatic carbocycles. The summed E-state index contributed by atoms with van der Waals surface area (Å²) in [6.45, 7) is 4.92. The minimum Gasteiger partial charge on any atom is -0.383 e. The van der Waals surface area contributed by atoms with E-state index in [0.29, 0.717) is 0 Å². The predicted octanol–water partition coefficient (Wildman–Crippen LogP) is 2.14. The number of hydrogen-bond acceptors (Lipinski definition) is 4. The van der Waals surface area contributed by atoms with Gasteiger partial charge in [0.15, 0.2) is 0 Å². The van der Waals surface area contributed by atoms with E-state index in [0.717, 1.165) is 28.4 Å². The number of thiazole rings is 1. The zero-order valence-electron chi connectivity index (χ0n) is 9.42. The van der Waals surface area contributed by atoms with E-state index in [1.54, 1.807) is 12.4 Å². The average molecular weight is 237 g/mol. The fourth-order valence-electron chi connectivity index (χ4n) is 1.54. The summed E-state index contributed by atoms with van der Waals surface area (Å²) in [4.78, 5) is 5.01. The molecule has 86 valence electrons. The van der Waals surface area contributed by atoms with Gasteiger partial charge in [-0.05, 0) is 13.3 Å². The normalized spacial score (nSPS) is 12.9. The van der Waals surface area contributed by atoms with Gasteiger partial charge in [-0.15, -0.1) is 11.3 Å². The Morgan fingerprint density at radius 1 is 1.50 bits per heavy atom. The zero-order chi connectivity index (χ0) is 11.5. The molecular weight excluding hydrogens is 222 g/mol. The number of aryl methyl sites for hydroxylation is 2. The van der Waals surface area contributed by atoms with Gasteiger partial charge in [-0.2, -0.15) is 5.10 Å². The van der Waals surface area contributed by atoms with Gasteiger partial charge >= 0.3 is 0 Å². The van der Waals surface area contributed by atoms with E-state index < -0.39 is 6.10 Å². The second-order valence-corrected chi connectivity index (χ2v) is 4.99. The minimum atomic E-state index is -0.600. The summed E-state index contributed by atoms with van der Waals surface area (Å²) in [5.41, 5.74) is 0.831. The molecule has 0 spiro atoms. The first-order chi connectivity index (χ1) is 7.70. The summed E-state index contributed by atoms with van der Waals surface area (Å²) in [7, 11) is 0. The van der Waals surface area contributed by atoms with Gasteiger partial charge in [-0.3, -0.25) is 4.68 Å². The van der Waals surface area contributed by atoms with Crippen molar-refractivity contribution in [3.8, 4) is 0 Å². The van der Waals surface area contributed by atoms with Gasteiger partial charge in [0.1, 0.15) is 6.10 Å². The van der Waals surface area contributed by atoms with Crippen LogP contribution in [0.25, 0.3) is 0 Å². The van der Waals surface area contributed by atoms with E-state index in [9.17, 15) is 5.11 Å². The molecule has 0 bridgehead atoms. The Kier molecular flexibility index (Phi) is 3.36. The van der Waals surface area contributed by atoms with Crippen molar-refractivity contribution >= 4 is 11.3 Å². The topological polar surface area (TPSA) is 50.9 Å². The Morgan fingerprint density at radius 2 is 2.31 bits per heavy atom. The number of aliphatic hydroxyl groups is 1. The highest BCUT2D eigenvalue weighted by atomic mass is 32.1. The minimum absolute atomic E-state index is 0.600. The monoisotopic (exact) mass is 237 g/mol. The van der Waals surface area contributed by atoms with Crippen LogP contribution in [0.15, 0.2) is 18.6 Å². The van der Waals surface area contributed by atoms with Crippen LogP contribution >= 0.6 is 11.3 Å². The summed E-state index contributed by atoms with van der Waals surface area (Å²) >= 11 is 1.52. The lowest BCUT2D eigenvalue weighted by Crippen LogP contribution is -1.97. The van der Waals surface area contributed by atoms with E-state index in [1.165, 1.54) is 11.3 Å². The molecule has 1 unspecified atom stereocenters. The predicted molar refractivity (Wildman–Crippen MR) is 63.4 cm³/mol. The third kappa shape index (κ3) is 2.31. The first-order valence-electron chi connectivity index (χ1n) is 5.33. The molecule has 4 nitrogen and oxygen atoms in total. The van der Waals surface area contributed by atoms with Crippen LogP contribution < -0.4 is 0 Å². The maximum absolute atomic E-state index is 10.1. The number of nitrogens with zero attached hydrogens (tertiary/aromatic N) is 3. The number of aromatic nitrogens is 3. The van der Waals surface area contributed by atoms with Gasteiger partial charge in [0.25, 0.3) is 0 Å². The van der Waals surface area contributed by atoms with Crippen LogP contribution in [0.4, 0.5) is 0 Å². The highest BCUT2D eigenvalue weighted by molar-refractivity contribution is 7.11. The van der Waals surface area contributed by atoms with Crippen molar-refractivity contribution in [1.82, 2.24) is 14.8 Å². The standard InChI is InChI=1S/C11H15N3OS/c1-3-4-14-7-9(5-13-14)11(15)10-6-12-8(2)16-10/h5-7,11,15H,3-4H2,1-2H3. The quantitative estimate of drug-likeness (QED) is 0.886. The third-order valence-corrected chi connectivity index (χ3v) is 3.30. The van der Waals surface area contributed by atoms with Crippen molar-refractivity contribution in [1.29, 1.82) is 0 Å². The fraction of sp³-hybridized carbons (Fsp3) is 0.455. The molecule has 2 rings (SSSR count). The molecule has 2 heterocycles. The van der Waals surface area contributed by atoms with Gasteiger partial charge in [0.05, 0.1) is 16.1 Å². The summed E-state index contributed by atoms with van der Waals surface area (Å²) in [5, 5.41) is 15.3. The SMILES string of the molecule is CCCn1cc(C(O)c2cnc(C)s2)cn1. The Morgan fingerprint density at radius 3 is 2.94 bits per heavy atom. The number of rotatable bonds is 4. The molecule has 0 saturated heterocycles. The molecule has 0 aliphatic carbocycles. The van der Waals surface area contributed by atoms with Crippen LogP contribution in [0.5, 0.6) is 0 Å². The summed E-state index contributed by atoms with van der Waals surface area (Å²) in [6.07, 6.45) is 5.77. The Bertz CT molecular complexity index is 463. The molecule has 2 aromatic rings. The zero-order valence-corrected chi connectivity index (χ0v) is 10.2. The lowest BCUT2D eigenvalue weighted by atomic mass is 10.2. The van der Waals surface area contributed by atoms with E-state index in [4.69, 9.17) is 0 Å². The van der Waals surface area contributed by atoms with Crippen molar-refractivity contribution in [2.45, 2.75) is 32.9 Å². The second kappa shape index (κ2) is 4.76. The molecule has 0 radical (unpaired) electrons. The van der Waals surface area contributed by atoms with Crippen LogP contribution in [0.2, 0.25) is 0 Å². The van der Waals surface area contributed by atoms with Crippen LogP contribution in [0.1, 0.15) is 34.9 Å². The van der Waals surface area contributed by atoms with E-state index >= 15 is 0 Å². The lowest BCUT2D eigenvalue weighted by Gasteiger charge is -2.03. The van der Waals surface area contributed by atoms with Gasteiger partial charge < -0.3 is 5.11 Å². The number of aliphatic hydroxyl groups excluding tert-OH is 1. The Balaban J connectivity index is 2.17. The summed E-state index contributed by atoms with van der Waals surface area (Å²) in [5.74, 6) is 0. The van der Waals surface area contributed by atoms with Crippen LogP contribution in [0.3, 0.4) is 0 Å². The van der Waals surface area contributed by atoms with E-state index in [1.807, 2.05) is 17.8 Å². The Labute approximate surface area is 98.6 Å². The van der Waals surface area contributed by atoms with Crippen molar-refractivity contribution < 1.29 is 5.11 Å². The molecule has 0 saturated carbocycles. The molecule has 2 aromatic heterocycles. The lowest BCUT2D eigenvalue weighted by molar-refractivity contribution is 0.224. The van der Waals surface area contributed by atoms with Crippen LogP contribution in [0, 0.1) is 6.92 Å². The maximum atomic E-state index is 10.1. The van der Waals surface area contributed by atoms with E-state index in [2.05, 4.69) is 17.0 Å². The van der Waals surface area contributed by atoms with Gasteiger partial charge in [0, 0.05) is 24.5 Å². The first-order valence-corrected chi connectivity index (χ1v) is 6.15. The highest BCUT2D eigenvalue weighted by Crippen LogP contribution is 2.26. The molecule has 0 aliphatic rings. The molecule has 16 heavy (non-hydrogen) atoms. The largest absolute Gasteiger partial charge is 0.383 e. The van der Waals surface area contributed by atoms with Crippen molar-refractivity contribution in [3.05, 3.63) is 34.0 Å². The highest BCUT2D eigenvalue weighted by Gasteiger charge is 2.14. The summed E-state index contributed by atoms with van der Waals surface area (Å²) in [6, 6.07) is 0. The molecular formula is C11H15N3OS.